The normalized spacial score (nSPS) is 11.6. The lowest BCUT2D eigenvalue weighted by Gasteiger charge is -2.15. The second-order valence-corrected chi connectivity index (χ2v) is 5.94. The zero-order valence-electron chi connectivity index (χ0n) is 14.5. The Bertz CT molecular complexity index is 728. The van der Waals surface area contributed by atoms with E-state index in [1.54, 1.807) is 0 Å². The van der Waals surface area contributed by atoms with Crippen molar-refractivity contribution in [3.8, 4) is 5.75 Å². The summed E-state index contributed by atoms with van der Waals surface area (Å²) in [6, 6.07) is 14.0. The molecule has 0 spiro atoms. The highest BCUT2D eigenvalue weighted by atomic mass is 16.5. The van der Waals surface area contributed by atoms with Gasteiger partial charge >= 0.3 is 5.97 Å². The van der Waals surface area contributed by atoms with Gasteiger partial charge in [0.2, 0.25) is 5.91 Å². The molecule has 0 fully saturated rings. The highest BCUT2D eigenvalue weighted by molar-refractivity contribution is 5.83. The Kier molecular flexibility index (Phi) is 6.57. The van der Waals surface area contributed by atoms with Gasteiger partial charge in [-0.15, -0.1) is 0 Å². The number of hydrogen-bond donors (Lipinski definition) is 2. The molecule has 5 nitrogen and oxygen atoms in total. The van der Waals surface area contributed by atoms with Gasteiger partial charge in [0.05, 0.1) is 13.0 Å². The predicted molar refractivity (Wildman–Crippen MR) is 95.7 cm³/mol. The first-order chi connectivity index (χ1) is 12.0. The minimum atomic E-state index is -1.05. The number of aryl methyl sites for hydroxylation is 1. The van der Waals surface area contributed by atoms with Crippen LogP contribution in [0.25, 0.3) is 0 Å². The number of carbonyl (C=O) groups excluding carboxylic acids is 1. The monoisotopic (exact) mass is 341 g/mol. The molecule has 132 valence electrons. The molecular weight excluding hydrogens is 318 g/mol. The van der Waals surface area contributed by atoms with Gasteiger partial charge in [-0.1, -0.05) is 42.5 Å². The van der Waals surface area contributed by atoms with Crippen molar-refractivity contribution in [3.05, 3.63) is 65.2 Å². The van der Waals surface area contributed by atoms with Crippen LogP contribution >= 0.6 is 0 Å². The first-order valence-corrected chi connectivity index (χ1v) is 8.22. The third kappa shape index (κ3) is 5.64. The maximum Gasteiger partial charge on any atom is 0.326 e. The highest BCUT2D eigenvalue weighted by Crippen LogP contribution is 2.20. The lowest BCUT2D eigenvalue weighted by molar-refractivity contribution is -0.141. The fraction of sp³-hybridized carbons (Fsp3) is 0.300. The van der Waals surface area contributed by atoms with E-state index < -0.39 is 12.0 Å². The largest absolute Gasteiger partial charge is 0.493 e. The van der Waals surface area contributed by atoms with E-state index in [9.17, 15) is 14.7 Å². The van der Waals surface area contributed by atoms with Crippen LogP contribution in [0.5, 0.6) is 5.75 Å². The molecule has 0 saturated heterocycles. The van der Waals surface area contributed by atoms with Gasteiger partial charge in [0, 0.05) is 6.42 Å². The zero-order chi connectivity index (χ0) is 18.2. The summed E-state index contributed by atoms with van der Waals surface area (Å²) in [5, 5.41) is 11.9. The number of ether oxygens (including phenoxy) is 1. The zero-order valence-corrected chi connectivity index (χ0v) is 14.5. The Labute approximate surface area is 147 Å². The van der Waals surface area contributed by atoms with Crippen LogP contribution in [0.15, 0.2) is 48.5 Å². The Hall–Kier alpha value is -2.82. The Balaban J connectivity index is 1.85. The van der Waals surface area contributed by atoms with E-state index in [2.05, 4.69) is 5.32 Å². The summed E-state index contributed by atoms with van der Waals surface area (Å²) in [5.74, 6) is -0.645. The maximum absolute atomic E-state index is 12.0. The summed E-state index contributed by atoms with van der Waals surface area (Å²) < 4.78 is 5.64. The van der Waals surface area contributed by atoms with Crippen molar-refractivity contribution < 1.29 is 19.4 Å². The molecule has 0 heterocycles. The standard InChI is InChI=1S/C20H23NO4/c1-14-7-6-10-18(15(14)2)25-12-11-19(22)21-17(20(23)24)13-16-8-4-3-5-9-16/h3-10,17H,11-13H2,1-2H3,(H,21,22)(H,23,24)/t17-/m1/s1. The second kappa shape index (κ2) is 8.87. The molecule has 5 heteroatoms. The van der Waals surface area contributed by atoms with Gasteiger partial charge in [0.15, 0.2) is 0 Å². The minimum Gasteiger partial charge on any atom is -0.493 e. The molecule has 1 amide bonds. The van der Waals surface area contributed by atoms with E-state index in [0.29, 0.717) is 0 Å². The van der Waals surface area contributed by atoms with Gasteiger partial charge in [0.25, 0.3) is 0 Å². The molecule has 0 aliphatic carbocycles. The smallest absolute Gasteiger partial charge is 0.326 e. The molecule has 2 aromatic carbocycles. The van der Waals surface area contributed by atoms with Crippen LogP contribution < -0.4 is 10.1 Å². The molecule has 1 atom stereocenters. The number of carboxylic acid groups (broad SMARTS) is 1. The Morgan fingerprint density at radius 2 is 1.80 bits per heavy atom. The van der Waals surface area contributed by atoms with Crippen LogP contribution in [0.3, 0.4) is 0 Å². The van der Waals surface area contributed by atoms with Crippen LogP contribution in [0.4, 0.5) is 0 Å². The molecule has 0 bridgehead atoms. The molecule has 25 heavy (non-hydrogen) atoms. The number of rotatable bonds is 8. The quantitative estimate of drug-likeness (QED) is 0.774. The summed E-state index contributed by atoms with van der Waals surface area (Å²) in [7, 11) is 0. The molecule has 0 saturated carbocycles. The molecule has 2 N–H and O–H groups in total. The summed E-state index contributed by atoms with van der Waals surface area (Å²) in [6.07, 6.45) is 0.353. The number of benzene rings is 2. The van der Waals surface area contributed by atoms with Crippen molar-refractivity contribution in [1.29, 1.82) is 0 Å². The Morgan fingerprint density at radius 1 is 1.08 bits per heavy atom. The number of nitrogens with one attached hydrogen (secondary N) is 1. The van der Waals surface area contributed by atoms with Gasteiger partial charge in [0.1, 0.15) is 11.8 Å². The summed E-state index contributed by atoms with van der Waals surface area (Å²) in [5.41, 5.74) is 3.02. The number of carbonyl (C=O) groups is 2. The SMILES string of the molecule is Cc1cccc(OCCC(=O)N[C@H](Cc2ccccc2)C(=O)O)c1C. The first-order valence-electron chi connectivity index (χ1n) is 8.22. The van der Waals surface area contributed by atoms with Crippen molar-refractivity contribution in [3.63, 3.8) is 0 Å². The average molecular weight is 341 g/mol. The third-order valence-corrected chi connectivity index (χ3v) is 4.06. The highest BCUT2D eigenvalue weighted by Gasteiger charge is 2.20. The third-order valence-electron chi connectivity index (χ3n) is 4.06. The van der Waals surface area contributed by atoms with Gasteiger partial charge in [-0.2, -0.15) is 0 Å². The number of aliphatic carboxylic acids is 1. The van der Waals surface area contributed by atoms with E-state index in [1.807, 2.05) is 62.4 Å². The van der Waals surface area contributed by atoms with E-state index in [4.69, 9.17) is 4.74 Å². The lowest BCUT2D eigenvalue weighted by Crippen LogP contribution is -2.42. The van der Waals surface area contributed by atoms with Gasteiger partial charge in [-0.05, 0) is 36.6 Å². The van der Waals surface area contributed by atoms with Crippen molar-refractivity contribution >= 4 is 11.9 Å². The number of amides is 1. The van der Waals surface area contributed by atoms with Crippen LogP contribution in [0.2, 0.25) is 0 Å². The number of carboxylic acids is 1. The van der Waals surface area contributed by atoms with E-state index in [0.717, 1.165) is 22.4 Å². The van der Waals surface area contributed by atoms with Crippen molar-refractivity contribution in [2.75, 3.05) is 6.61 Å². The topological polar surface area (TPSA) is 75.6 Å². The summed E-state index contributed by atoms with van der Waals surface area (Å²) in [4.78, 5) is 23.4. The van der Waals surface area contributed by atoms with Crippen LogP contribution in [0, 0.1) is 13.8 Å². The van der Waals surface area contributed by atoms with Crippen molar-refractivity contribution in [1.82, 2.24) is 5.32 Å². The molecule has 2 aromatic rings. The van der Waals surface area contributed by atoms with Crippen LogP contribution in [-0.2, 0) is 16.0 Å². The molecular formula is C20H23NO4. The second-order valence-electron chi connectivity index (χ2n) is 5.94. The maximum atomic E-state index is 12.0. The Morgan fingerprint density at radius 3 is 2.48 bits per heavy atom. The van der Waals surface area contributed by atoms with Crippen LogP contribution in [-0.4, -0.2) is 29.6 Å². The molecule has 0 unspecified atom stereocenters. The predicted octanol–water partition coefficient (Wildman–Crippen LogP) is 2.88. The summed E-state index contributed by atoms with van der Waals surface area (Å²) in [6.45, 7) is 4.16. The van der Waals surface area contributed by atoms with Crippen LogP contribution in [0.1, 0.15) is 23.1 Å². The van der Waals surface area contributed by atoms with Crippen molar-refractivity contribution in [2.24, 2.45) is 0 Å². The van der Waals surface area contributed by atoms with Gasteiger partial charge < -0.3 is 15.2 Å². The molecule has 0 aromatic heterocycles. The molecule has 2 rings (SSSR count). The summed E-state index contributed by atoms with van der Waals surface area (Å²) >= 11 is 0. The van der Waals surface area contributed by atoms with Gasteiger partial charge in [-0.3, -0.25) is 4.79 Å². The van der Waals surface area contributed by atoms with E-state index in [-0.39, 0.29) is 25.4 Å². The fourth-order valence-corrected chi connectivity index (χ4v) is 2.45. The molecule has 0 aliphatic heterocycles. The molecule has 0 radical (unpaired) electrons. The van der Waals surface area contributed by atoms with E-state index >= 15 is 0 Å². The van der Waals surface area contributed by atoms with Gasteiger partial charge in [-0.25, -0.2) is 4.79 Å². The first kappa shape index (κ1) is 18.5. The lowest BCUT2D eigenvalue weighted by atomic mass is 10.1. The fourth-order valence-electron chi connectivity index (χ4n) is 2.45. The van der Waals surface area contributed by atoms with Crippen molar-refractivity contribution in [2.45, 2.75) is 32.7 Å². The molecule has 0 aliphatic rings. The van der Waals surface area contributed by atoms with E-state index in [1.165, 1.54) is 0 Å². The minimum absolute atomic E-state index is 0.103. The number of hydrogen-bond acceptors (Lipinski definition) is 3. The average Bonchev–Trinajstić information content (AvgIpc) is 2.59.